The molecule has 3 aromatic rings. The molecular weight excluding hydrogens is 348 g/mol. The van der Waals surface area contributed by atoms with Gasteiger partial charge < -0.3 is 9.80 Å². The van der Waals surface area contributed by atoms with Crippen LogP contribution >= 0.6 is 11.3 Å². The Morgan fingerprint density at radius 2 is 2.08 bits per heavy atom. The van der Waals surface area contributed by atoms with E-state index in [-0.39, 0.29) is 11.7 Å². The van der Waals surface area contributed by atoms with Crippen molar-refractivity contribution >= 4 is 33.1 Å². The van der Waals surface area contributed by atoms with E-state index >= 15 is 0 Å². The van der Waals surface area contributed by atoms with E-state index < -0.39 is 0 Å². The highest BCUT2D eigenvalue weighted by atomic mass is 32.1. The third kappa shape index (κ3) is 2.43. The number of carbonyl (C=O) groups is 1. The molecule has 3 aromatic heterocycles. The number of likely N-dealkylation sites (N-methyl/N-ethyl adjacent to an activating group) is 1. The van der Waals surface area contributed by atoms with Gasteiger partial charge in [-0.25, -0.2) is 14.5 Å². The second-order valence-corrected chi connectivity index (χ2v) is 8.54. The molecule has 0 N–H and O–H groups in total. The average molecular weight is 370 g/mol. The zero-order valence-electron chi connectivity index (χ0n) is 15.1. The first-order chi connectivity index (χ1) is 12.6. The molecule has 1 fully saturated rings. The fourth-order valence-electron chi connectivity index (χ4n) is 4.13. The van der Waals surface area contributed by atoms with E-state index in [1.807, 2.05) is 4.90 Å². The fourth-order valence-corrected chi connectivity index (χ4v) is 5.42. The van der Waals surface area contributed by atoms with Crippen LogP contribution in [0.1, 0.15) is 46.7 Å². The average Bonchev–Trinajstić information content (AvgIpc) is 3.23. The number of carbonyl (C=O) groups excluding carboxylic acids is 1. The first-order valence-corrected chi connectivity index (χ1v) is 10.1. The topological polar surface area (TPSA) is 66.6 Å². The number of nitrogens with zero attached hydrogens (tertiary/aromatic N) is 6. The molecule has 7 nitrogen and oxygen atoms in total. The van der Waals surface area contributed by atoms with Crippen molar-refractivity contribution in [2.45, 2.75) is 32.1 Å². The lowest BCUT2D eigenvalue weighted by molar-refractivity contribution is 0.0652. The van der Waals surface area contributed by atoms with Crippen LogP contribution in [0.3, 0.4) is 0 Å². The number of piperazine rings is 1. The molecule has 0 unspecified atom stereocenters. The summed E-state index contributed by atoms with van der Waals surface area (Å²) in [5.74, 6) is 0.716. The van der Waals surface area contributed by atoms with Gasteiger partial charge in [0.2, 0.25) is 5.82 Å². The quantitative estimate of drug-likeness (QED) is 0.657. The van der Waals surface area contributed by atoms with Crippen LogP contribution in [0.2, 0.25) is 0 Å². The van der Waals surface area contributed by atoms with Crippen LogP contribution in [0.4, 0.5) is 0 Å². The Hall–Kier alpha value is -2.06. The normalized spacial score (nSPS) is 21.5. The molecule has 1 aliphatic carbocycles. The summed E-state index contributed by atoms with van der Waals surface area (Å²) in [7, 11) is 2.08. The number of rotatable bonds is 1. The van der Waals surface area contributed by atoms with Crippen molar-refractivity contribution < 1.29 is 4.79 Å². The molecule has 2 aliphatic rings. The highest BCUT2D eigenvalue weighted by molar-refractivity contribution is 7.19. The highest BCUT2D eigenvalue weighted by Crippen LogP contribution is 2.42. The molecule has 136 valence electrons. The van der Waals surface area contributed by atoms with Crippen LogP contribution in [0.25, 0.3) is 15.9 Å². The Morgan fingerprint density at radius 3 is 2.88 bits per heavy atom. The number of hydrogen-bond acceptors (Lipinski definition) is 6. The van der Waals surface area contributed by atoms with Crippen molar-refractivity contribution in [1.82, 2.24) is 29.4 Å². The van der Waals surface area contributed by atoms with Crippen molar-refractivity contribution in [3.8, 4) is 0 Å². The Morgan fingerprint density at radius 1 is 1.27 bits per heavy atom. The maximum absolute atomic E-state index is 12.9. The molecule has 0 aromatic carbocycles. The van der Waals surface area contributed by atoms with Crippen molar-refractivity contribution in [2.24, 2.45) is 0 Å². The Bertz CT molecular complexity index is 1000. The smallest absolute Gasteiger partial charge is 0.293 e. The van der Waals surface area contributed by atoms with Crippen molar-refractivity contribution in [1.29, 1.82) is 0 Å². The summed E-state index contributed by atoms with van der Waals surface area (Å²) in [6.07, 6.45) is 5.24. The van der Waals surface area contributed by atoms with E-state index in [0.717, 1.165) is 48.5 Å². The predicted octanol–water partition coefficient (Wildman–Crippen LogP) is 2.17. The molecule has 0 bridgehead atoms. The van der Waals surface area contributed by atoms with Crippen LogP contribution in [0, 0.1) is 0 Å². The van der Waals surface area contributed by atoms with Gasteiger partial charge in [-0.1, -0.05) is 6.92 Å². The summed E-state index contributed by atoms with van der Waals surface area (Å²) in [6.45, 7) is 5.51. The molecule has 0 radical (unpaired) electrons. The summed E-state index contributed by atoms with van der Waals surface area (Å²) in [6, 6.07) is 0. The van der Waals surface area contributed by atoms with Crippen molar-refractivity contribution in [3.05, 3.63) is 22.6 Å². The van der Waals surface area contributed by atoms with Crippen LogP contribution in [-0.4, -0.2) is 68.5 Å². The number of thiophene rings is 1. The third-order valence-corrected chi connectivity index (χ3v) is 6.83. The third-order valence-electron chi connectivity index (χ3n) is 5.66. The van der Waals surface area contributed by atoms with E-state index in [4.69, 9.17) is 0 Å². The predicted molar refractivity (Wildman–Crippen MR) is 101 cm³/mol. The summed E-state index contributed by atoms with van der Waals surface area (Å²) >= 11 is 1.77. The van der Waals surface area contributed by atoms with E-state index in [2.05, 4.69) is 33.9 Å². The van der Waals surface area contributed by atoms with Gasteiger partial charge in [0.05, 0.1) is 5.39 Å². The molecule has 0 saturated carbocycles. The monoisotopic (exact) mass is 370 g/mol. The Kier molecular flexibility index (Phi) is 3.72. The van der Waals surface area contributed by atoms with Gasteiger partial charge in [-0.3, -0.25) is 4.79 Å². The fraction of sp³-hybridized carbons (Fsp3) is 0.556. The second kappa shape index (κ2) is 5.99. The van der Waals surface area contributed by atoms with Gasteiger partial charge in [-0.2, -0.15) is 0 Å². The number of hydrogen-bond donors (Lipinski definition) is 0. The SMILES string of the molecule is C[C@@H]1CCCc2sc3ncn4nc(C(=O)N5CCN(C)CC5)nc4c3c21. The summed E-state index contributed by atoms with van der Waals surface area (Å²) in [4.78, 5) is 28.6. The molecule has 0 spiro atoms. The highest BCUT2D eigenvalue weighted by Gasteiger charge is 2.28. The van der Waals surface area contributed by atoms with Crippen molar-refractivity contribution in [2.75, 3.05) is 33.2 Å². The zero-order valence-corrected chi connectivity index (χ0v) is 15.9. The minimum Gasteiger partial charge on any atom is -0.333 e. The summed E-state index contributed by atoms with van der Waals surface area (Å²) in [5.41, 5.74) is 2.15. The van der Waals surface area contributed by atoms with Gasteiger partial charge in [0, 0.05) is 31.1 Å². The van der Waals surface area contributed by atoms with E-state index in [1.165, 1.54) is 23.3 Å². The first-order valence-electron chi connectivity index (χ1n) is 9.26. The number of aromatic nitrogens is 4. The molecule has 1 saturated heterocycles. The Balaban J connectivity index is 1.60. The lowest BCUT2D eigenvalue weighted by Gasteiger charge is -2.31. The molecule has 1 atom stereocenters. The largest absolute Gasteiger partial charge is 0.333 e. The van der Waals surface area contributed by atoms with Gasteiger partial charge in [-0.05, 0) is 37.8 Å². The molecule has 4 heterocycles. The number of fused-ring (bicyclic) bond motifs is 5. The van der Waals surface area contributed by atoms with Crippen LogP contribution < -0.4 is 0 Å². The maximum atomic E-state index is 12.9. The molecule has 1 aliphatic heterocycles. The Labute approximate surface area is 155 Å². The van der Waals surface area contributed by atoms with Gasteiger partial charge >= 0.3 is 0 Å². The second-order valence-electron chi connectivity index (χ2n) is 7.46. The van der Waals surface area contributed by atoms with Gasteiger partial charge in [-0.15, -0.1) is 16.4 Å². The zero-order chi connectivity index (χ0) is 17.8. The molecule has 1 amide bonds. The number of amides is 1. The molecular formula is C18H22N6OS. The maximum Gasteiger partial charge on any atom is 0.293 e. The van der Waals surface area contributed by atoms with E-state index in [0.29, 0.717) is 5.92 Å². The molecule has 26 heavy (non-hydrogen) atoms. The van der Waals surface area contributed by atoms with Crippen LogP contribution in [0.5, 0.6) is 0 Å². The van der Waals surface area contributed by atoms with Gasteiger partial charge in [0.25, 0.3) is 5.91 Å². The molecule has 8 heteroatoms. The van der Waals surface area contributed by atoms with Gasteiger partial charge in [0.15, 0.2) is 5.65 Å². The van der Waals surface area contributed by atoms with Crippen molar-refractivity contribution in [3.63, 3.8) is 0 Å². The number of aryl methyl sites for hydroxylation is 1. The minimum atomic E-state index is -0.0768. The van der Waals surface area contributed by atoms with E-state index in [9.17, 15) is 4.79 Å². The summed E-state index contributed by atoms with van der Waals surface area (Å²) in [5, 5.41) is 5.55. The van der Waals surface area contributed by atoms with Crippen LogP contribution in [-0.2, 0) is 6.42 Å². The summed E-state index contributed by atoms with van der Waals surface area (Å²) < 4.78 is 1.68. The lowest BCUT2D eigenvalue weighted by atomic mass is 9.87. The lowest BCUT2D eigenvalue weighted by Crippen LogP contribution is -2.47. The van der Waals surface area contributed by atoms with E-state index in [1.54, 1.807) is 22.2 Å². The standard InChI is InChI=1S/C18H22N6OS/c1-11-4-3-5-12-13(11)14-16-20-15(21-24(16)10-19-17(14)26-12)18(25)23-8-6-22(2)7-9-23/h10-11H,3-9H2,1-2H3/t11-/m1/s1. The first kappa shape index (κ1) is 16.1. The van der Waals surface area contributed by atoms with Crippen LogP contribution in [0.15, 0.2) is 6.33 Å². The minimum absolute atomic E-state index is 0.0768. The van der Waals surface area contributed by atoms with Gasteiger partial charge in [0.1, 0.15) is 11.2 Å². The molecule has 5 rings (SSSR count).